The van der Waals surface area contributed by atoms with Crippen molar-refractivity contribution in [2.75, 3.05) is 20.3 Å². The normalized spacial score (nSPS) is 13.3. The monoisotopic (exact) mass is 406 g/mol. The molecule has 0 aliphatic carbocycles. The van der Waals surface area contributed by atoms with E-state index in [4.69, 9.17) is 9.47 Å². The zero-order valence-electron chi connectivity index (χ0n) is 17.8. The molecule has 0 fully saturated rings. The van der Waals surface area contributed by atoms with E-state index in [-0.39, 0.29) is 18.5 Å². The van der Waals surface area contributed by atoms with Crippen LogP contribution in [0.4, 0.5) is 0 Å². The number of hydrogen-bond acceptors (Lipinski definition) is 4. The zero-order chi connectivity index (χ0) is 21.4. The lowest BCUT2D eigenvalue weighted by atomic mass is 10.0. The molecule has 6 heteroatoms. The molecule has 1 aliphatic heterocycles. The van der Waals surface area contributed by atoms with Gasteiger partial charge < -0.3 is 19.4 Å². The minimum absolute atomic E-state index is 0.00976. The highest BCUT2D eigenvalue weighted by Crippen LogP contribution is 2.29. The maximum atomic E-state index is 12.9. The van der Waals surface area contributed by atoms with E-state index < -0.39 is 0 Å². The predicted octanol–water partition coefficient (Wildman–Crippen LogP) is 3.84. The van der Waals surface area contributed by atoms with Crippen LogP contribution >= 0.6 is 0 Å². The molecule has 4 rings (SSSR count). The zero-order valence-corrected chi connectivity index (χ0v) is 17.8. The maximum absolute atomic E-state index is 12.9. The lowest BCUT2D eigenvalue weighted by Crippen LogP contribution is -2.38. The van der Waals surface area contributed by atoms with E-state index in [1.807, 2.05) is 37.8 Å². The number of rotatable bonds is 4. The van der Waals surface area contributed by atoms with Crippen LogP contribution in [0.3, 0.4) is 0 Å². The fraction of sp³-hybridized carbons (Fsp3) is 0.333. The number of carbonyl (C=O) groups excluding carboxylic acids is 2. The largest absolute Gasteiger partial charge is 0.483 e. The highest BCUT2D eigenvalue weighted by molar-refractivity contribution is 5.96. The van der Waals surface area contributed by atoms with Crippen LogP contribution in [0.25, 0.3) is 10.9 Å². The molecule has 0 atom stereocenters. The van der Waals surface area contributed by atoms with Crippen LogP contribution in [0.2, 0.25) is 0 Å². The van der Waals surface area contributed by atoms with Crippen molar-refractivity contribution in [3.05, 3.63) is 63.8 Å². The third-order valence-electron chi connectivity index (χ3n) is 5.69. The molecule has 2 heterocycles. The van der Waals surface area contributed by atoms with Gasteiger partial charge in [-0.05, 0) is 50.1 Å². The summed E-state index contributed by atoms with van der Waals surface area (Å²) < 4.78 is 10.7. The van der Waals surface area contributed by atoms with Gasteiger partial charge in [-0.25, -0.2) is 4.79 Å². The van der Waals surface area contributed by atoms with Gasteiger partial charge in [0, 0.05) is 41.7 Å². The van der Waals surface area contributed by atoms with Gasteiger partial charge in [-0.1, -0.05) is 17.7 Å². The van der Waals surface area contributed by atoms with Gasteiger partial charge in [0.15, 0.2) is 6.61 Å². The Kier molecular flexibility index (Phi) is 5.24. The number of methoxy groups -OCH3 is 1. The van der Waals surface area contributed by atoms with E-state index in [9.17, 15) is 9.59 Å². The SMILES string of the molecule is COC(=O)c1ccc2[nH]c3c(c2c1)CN(C(=O)COc1c(C)cc(C)cc1C)CC3. The molecule has 3 aromatic rings. The summed E-state index contributed by atoms with van der Waals surface area (Å²) in [6.45, 7) is 7.18. The number of H-pyrrole nitrogens is 1. The van der Waals surface area contributed by atoms with Crippen LogP contribution in [0.15, 0.2) is 30.3 Å². The number of fused-ring (bicyclic) bond motifs is 3. The predicted molar refractivity (Wildman–Crippen MR) is 115 cm³/mol. The molecular weight excluding hydrogens is 380 g/mol. The van der Waals surface area contributed by atoms with Crippen LogP contribution < -0.4 is 4.74 Å². The Bertz CT molecular complexity index is 1120. The van der Waals surface area contributed by atoms with Gasteiger partial charge in [0.2, 0.25) is 0 Å². The molecule has 0 saturated heterocycles. The molecule has 1 amide bonds. The average molecular weight is 406 g/mol. The van der Waals surface area contributed by atoms with Gasteiger partial charge in [-0.2, -0.15) is 0 Å². The smallest absolute Gasteiger partial charge is 0.337 e. The number of nitrogens with zero attached hydrogens (tertiary/aromatic N) is 1. The molecule has 0 bridgehead atoms. The fourth-order valence-electron chi connectivity index (χ4n) is 4.29. The number of aromatic amines is 1. The molecule has 0 radical (unpaired) electrons. The van der Waals surface area contributed by atoms with E-state index in [1.54, 1.807) is 6.07 Å². The van der Waals surface area contributed by atoms with Crippen molar-refractivity contribution < 1.29 is 19.1 Å². The molecule has 6 nitrogen and oxygen atoms in total. The molecule has 2 aromatic carbocycles. The lowest BCUT2D eigenvalue weighted by Gasteiger charge is -2.27. The van der Waals surface area contributed by atoms with Crippen molar-refractivity contribution >= 4 is 22.8 Å². The first-order valence-electron chi connectivity index (χ1n) is 10.1. The maximum Gasteiger partial charge on any atom is 0.337 e. The van der Waals surface area contributed by atoms with Crippen LogP contribution in [-0.2, 0) is 22.5 Å². The number of aryl methyl sites for hydroxylation is 3. The molecule has 156 valence electrons. The minimum Gasteiger partial charge on any atom is -0.483 e. The third-order valence-corrected chi connectivity index (χ3v) is 5.69. The number of benzene rings is 2. The summed E-state index contributed by atoms with van der Waals surface area (Å²) >= 11 is 0. The van der Waals surface area contributed by atoms with E-state index >= 15 is 0 Å². The van der Waals surface area contributed by atoms with Crippen molar-refractivity contribution in [2.24, 2.45) is 0 Å². The Hall–Kier alpha value is -3.28. The van der Waals surface area contributed by atoms with Crippen molar-refractivity contribution in [1.82, 2.24) is 9.88 Å². The van der Waals surface area contributed by atoms with E-state index in [1.165, 1.54) is 12.7 Å². The Morgan fingerprint density at radius 1 is 1.10 bits per heavy atom. The number of esters is 1. The van der Waals surface area contributed by atoms with Gasteiger partial charge in [0.25, 0.3) is 5.91 Å². The summed E-state index contributed by atoms with van der Waals surface area (Å²) in [5.74, 6) is 0.368. The summed E-state index contributed by atoms with van der Waals surface area (Å²) in [5.41, 5.74) is 6.88. The van der Waals surface area contributed by atoms with Crippen molar-refractivity contribution in [2.45, 2.75) is 33.7 Å². The average Bonchev–Trinajstić information content (AvgIpc) is 3.09. The summed E-state index contributed by atoms with van der Waals surface area (Å²) in [5, 5.41) is 0.955. The van der Waals surface area contributed by atoms with Crippen LogP contribution in [0.5, 0.6) is 5.75 Å². The standard InChI is InChI=1S/C24H26N2O4/c1-14-9-15(2)23(16(3)10-14)30-13-22(27)26-8-7-21-19(12-26)18-11-17(24(28)29-4)5-6-20(18)25-21/h5-6,9-11,25H,7-8,12-13H2,1-4H3. The molecule has 1 N–H and O–H groups in total. The van der Waals surface area contributed by atoms with Gasteiger partial charge in [0.05, 0.1) is 12.7 Å². The number of aromatic nitrogens is 1. The first-order chi connectivity index (χ1) is 14.4. The topological polar surface area (TPSA) is 71.6 Å². The Balaban J connectivity index is 1.52. The van der Waals surface area contributed by atoms with Crippen LogP contribution in [-0.4, -0.2) is 42.0 Å². The number of carbonyl (C=O) groups is 2. The third kappa shape index (κ3) is 3.65. The molecule has 30 heavy (non-hydrogen) atoms. The Morgan fingerprint density at radius 3 is 2.53 bits per heavy atom. The number of amides is 1. The van der Waals surface area contributed by atoms with E-state index in [2.05, 4.69) is 17.1 Å². The molecule has 0 spiro atoms. The van der Waals surface area contributed by atoms with Gasteiger partial charge in [-0.3, -0.25) is 4.79 Å². The second-order valence-corrected chi connectivity index (χ2v) is 7.92. The molecular formula is C24H26N2O4. The second-order valence-electron chi connectivity index (χ2n) is 7.92. The van der Waals surface area contributed by atoms with Crippen LogP contribution in [0.1, 0.15) is 38.3 Å². The highest BCUT2D eigenvalue weighted by Gasteiger charge is 2.25. The summed E-state index contributed by atoms with van der Waals surface area (Å²) in [7, 11) is 1.37. The number of nitrogens with one attached hydrogen (secondary N) is 1. The second kappa shape index (κ2) is 7.86. The van der Waals surface area contributed by atoms with Gasteiger partial charge in [-0.15, -0.1) is 0 Å². The van der Waals surface area contributed by atoms with Crippen molar-refractivity contribution in [3.63, 3.8) is 0 Å². The lowest BCUT2D eigenvalue weighted by molar-refractivity contribution is -0.134. The molecule has 1 aromatic heterocycles. The van der Waals surface area contributed by atoms with E-state index in [0.29, 0.717) is 18.7 Å². The fourth-order valence-corrected chi connectivity index (χ4v) is 4.29. The molecule has 0 saturated carbocycles. The van der Waals surface area contributed by atoms with Crippen molar-refractivity contribution in [3.8, 4) is 5.75 Å². The quantitative estimate of drug-likeness (QED) is 0.668. The van der Waals surface area contributed by atoms with Crippen molar-refractivity contribution in [1.29, 1.82) is 0 Å². The first kappa shape index (κ1) is 20.0. The summed E-state index contributed by atoms with van der Waals surface area (Å²) in [6, 6.07) is 9.59. The molecule has 1 aliphatic rings. The van der Waals surface area contributed by atoms with E-state index in [0.717, 1.165) is 45.5 Å². The van der Waals surface area contributed by atoms with Crippen LogP contribution in [0, 0.1) is 20.8 Å². The molecule has 0 unspecified atom stereocenters. The van der Waals surface area contributed by atoms with Gasteiger partial charge in [0.1, 0.15) is 5.75 Å². The minimum atomic E-state index is -0.368. The number of hydrogen-bond donors (Lipinski definition) is 1. The summed E-state index contributed by atoms with van der Waals surface area (Å²) in [6.07, 6.45) is 0.742. The number of ether oxygens (including phenoxy) is 2. The summed E-state index contributed by atoms with van der Waals surface area (Å²) in [4.78, 5) is 30.0. The first-order valence-corrected chi connectivity index (χ1v) is 10.1. The Labute approximate surface area is 175 Å². The Morgan fingerprint density at radius 2 is 1.83 bits per heavy atom. The van der Waals surface area contributed by atoms with Gasteiger partial charge >= 0.3 is 5.97 Å². The highest BCUT2D eigenvalue weighted by atomic mass is 16.5.